The third-order valence-corrected chi connectivity index (χ3v) is 4.26. The average Bonchev–Trinajstić information content (AvgIpc) is 2.90. The van der Waals surface area contributed by atoms with Crippen molar-refractivity contribution in [1.29, 1.82) is 0 Å². The summed E-state index contributed by atoms with van der Waals surface area (Å²) in [5, 5.41) is 4.82. The molecule has 0 bridgehead atoms. The van der Waals surface area contributed by atoms with E-state index in [1.165, 1.54) is 10.9 Å². The number of nitrogens with one attached hydrogen (secondary N) is 1. The monoisotopic (exact) mass is 270 g/mol. The van der Waals surface area contributed by atoms with Crippen molar-refractivity contribution in [2.45, 2.75) is 32.4 Å². The van der Waals surface area contributed by atoms with E-state index in [4.69, 9.17) is 4.74 Å². The van der Waals surface area contributed by atoms with Crippen LogP contribution >= 0.6 is 0 Å². The molecule has 1 aromatic carbocycles. The molecule has 0 aliphatic carbocycles. The third kappa shape index (κ3) is 2.56. The molecule has 0 amide bonds. The van der Waals surface area contributed by atoms with Gasteiger partial charge in [0.25, 0.3) is 0 Å². The molecule has 3 heteroatoms. The second kappa shape index (κ2) is 5.90. The molecular weight excluding hydrogens is 248 g/mol. The van der Waals surface area contributed by atoms with Crippen LogP contribution in [0.5, 0.6) is 0 Å². The van der Waals surface area contributed by atoms with Gasteiger partial charge in [-0.25, -0.2) is 0 Å². The SMILES string of the molecule is CCNC(c1cnc2ccccc2c1)C1CCOC1C. The Labute approximate surface area is 120 Å². The molecule has 1 aliphatic rings. The molecule has 0 spiro atoms. The molecule has 3 unspecified atom stereocenters. The molecule has 3 atom stereocenters. The van der Waals surface area contributed by atoms with Gasteiger partial charge in [-0.2, -0.15) is 0 Å². The van der Waals surface area contributed by atoms with E-state index in [9.17, 15) is 0 Å². The van der Waals surface area contributed by atoms with Crippen molar-refractivity contribution >= 4 is 10.9 Å². The molecular formula is C17H22N2O. The summed E-state index contributed by atoms with van der Waals surface area (Å²) in [7, 11) is 0. The van der Waals surface area contributed by atoms with Crippen LogP contribution in [0.15, 0.2) is 36.5 Å². The van der Waals surface area contributed by atoms with E-state index in [1.807, 2.05) is 12.3 Å². The first kappa shape index (κ1) is 13.5. The second-order valence-corrected chi connectivity index (χ2v) is 5.53. The smallest absolute Gasteiger partial charge is 0.0702 e. The zero-order valence-corrected chi connectivity index (χ0v) is 12.2. The van der Waals surface area contributed by atoms with Crippen molar-refractivity contribution in [3.05, 3.63) is 42.1 Å². The third-order valence-electron chi connectivity index (χ3n) is 4.26. The molecule has 0 saturated carbocycles. The molecule has 106 valence electrons. The molecule has 20 heavy (non-hydrogen) atoms. The van der Waals surface area contributed by atoms with E-state index in [0.717, 1.165) is 25.1 Å². The number of nitrogens with zero attached hydrogens (tertiary/aromatic N) is 1. The lowest BCUT2D eigenvalue weighted by Gasteiger charge is -2.27. The zero-order chi connectivity index (χ0) is 13.9. The highest BCUT2D eigenvalue weighted by Crippen LogP contribution is 2.33. The van der Waals surface area contributed by atoms with E-state index < -0.39 is 0 Å². The van der Waals surface area contributed by atoms with Gasteiger partial charge in [0.2, 0.25) is 0 Å². The van der Waals surface area contributed by atoms with Crippen LogP contribution in [0.1, 0.15) is 31.9 Å². The minimum atomic E-state index is 0.311. The molecule has 2 heterocycles. The maximum Gasteiger partial charge on any atom is 0.0702 e. The topological polar surface area (TPSA) is 34.2 Å². The molecule has 1 saturated heterocycles. The van der Waals surface area contributed by atoms with E-state index >= 15 is 0 Å². The van der Waals surface area contributed by atoms with Gasteiger partial charge in [-0.1, -0.05) is 25.1 Å². The van der Waals surface area contributed by atoms with Gasteiger partial charge in [0.1, 0.15) is 0 Å². The average molecular weight is 270 g/mol. The van der Waals surface area contributed by atoms with Gasteiger partial charge >= 0.3 is 0 Å². The van der Waals surface area contributed by atoms with Crippen LogP contribution < -0.4 is 5.32 Å². The van der Waals surface area contributed by atoms with Gasteiger partial charge in [0.05, 0.1) is 11.6 Å². The van der Waals surface area contributed by atoms with Crippen LogP contribution in [0.4, 0.5) is 0 Å². The lowest BCUT2D eigenvalue weighted by atomic mass is 9.88. The fourth-order valence-corrected chi connectivity index (χ4v) is 3.18. The number of fused-ring (bicyclic) bond motifs is 1. The molecule has 1 N–H and O–H groups in total. The van der Waals surface area contributed by atoms with Crippen molar-refractivity contribution in [3.8, 4) is 0 Å². The Balaban J connectivity index is 1.96. The predicted octanol–water partition coefficient (Wildman–Crippen LogP) is 3.31. The van der Waals surface area contributed by atoms with Crippen molar-refractivity contribution in [2.24, 2.45) is 5.92 Å². The Bertz CT molecular complexity index is 584. The van der Waals surface area contributed by atoms with E-state index in [2.05, 4.69) is 48.4 Å². The van der Waals surface area contributed by atoms with Crippen LogP contribution in [-0.4, -0.2) is 24.2 Å². The Morgan fingerprint density at radius 3 is 3.00 bits per heavy atom. The summed E-state index contributed by atoms with van der Waals surface area (Å²) in [5.74, 6) is 0.526. The number of ether oxygens (including phenoxy) is 1. The molecule has 1 fully saturated rings. The number of aromatic nitrogens is 1. The van der Waals surface area contributed by atoms with Gasteiger partial charge in [0, 0.05) is 30.1 Å². The van der Waals surface area contributed by atoms with Gasteiger partial charge < -0.3 is 10.1 Å². The lowest BCUT2D eigenvalue weighted by molar-refractivity contribution is 0.0955. The maximum absolute atomic E-state index is 5.74. The molecule has 3 nitrogen and oxygen atoms in total. The van der Waals surface area contributed by atoms with Crippen molar-refractivity contribution in [2.75, 3.05) is 13.2 Å². The summed E-state index contributed by atoms with van der Waals surface area (Å²) in [4.78, 5) is 4.60. The van der Waals surface area contributed by atoms with Crippen molar-refractivity contribution < 1.29 is 4.74 Å². The zero-order valence-electron chi connectivity index (χ0n) is 12.2. The van der Waals surface area contributed by atoms with Gasteiger partial charge in [-0.05, 0) is 37.6 Å². The number of rotatable bonds is 4. The summed E-state index contributed by atoms with van der Waals surface area (Å²) in [5.41, 5.74) is 2.33. The van der Waals surface area contributed by atoms with Crippen molar-refractivity contribution in [3.63, 3.8) is 0 Å². The predicted molar refractivity (Wildman–Crippen MR) is 81.7 cm³/mol. The Morgan fingerprint density at radius 1 is 1.40 bits per heavy atom. The normalized spacial score (nSPS) is 24.1. The van der Waals surface area contributed by atoms with E-state index in [-0.39, 0.29) is 0 Å². The molecule has 1 aromatic heterocycles. The molecule has 3 rings (SSSR count). The van der Waals surface area contributed by atoms with Crippen LogP contribution in [0.25, 0.3) is 10.9 Å². The summed E-state index contributed by atoms with van der Waals surface area (Å²) in [6.07, 6.45) is 3.44. The number of pyridine rings is 1. The van der Waals surface area contributed by atoms with Crippen LogP contribution in [0, 0.1) is 5.92 Å². The molecule has 1 aliphatic heterocycles. The number of para-hydroxylation sites is 1. The first-order valence-electron chi connectivity index (χ1n) is 7.49. The highest BCUT2D eigenvalue weighted by atomic mass is 16.5. The Hall–Kier alpha value is -1.45. The van der Waals surface area contributed by atoms with Gasteiger partial charge in [-0.3, -0.25) is 4.98 Å². The fraction of sp³-hybridized carbons (Fsp3) is 0.471. The molecule has 2 aromatic rings. The summed E-state index contributed by atoms with van der Waals surface area (Å²) < 4.78 is 5.74. The van der Waals surface area contributed by atoms with Crippen molar-refractivity contribution in [1.82, 2.24) is 10.3 Å². The Morgan fingerprint density at radius 2 is 2.25 bits per heavy atom. The highest BCUT2D eigenvalue weighted by Gasteiger charge is 2.32. The van der Waals surface area contributed by atoms with E-state index in [1.54, 1.807) is 0 Å². The van der Waals surface area contributed by atoms with Crippen LogP contribution in [0.3, 0.4) is 0 Å². The number of benzene rings is 1. The van der Waals surface area contributed by atoms with E-state index in [0.29, 0.717) is 18.1 Å². The minimum absolute atomic E-state index is 0.311. The summed E-state index contributed by atoms with van der Waals surface area (Å²) >= 11 is 0. The largest absolute Gasteiger partial charge is 0.378 e. The first-order chi connectivity index (χ1) is 9.79. The summed E-state index contributed by atoms with van der Waals surface area (Å²) in [6.45, 7) is 6.16. The molecule has 0 radical (unpaired) electrons. The second-order valence-electron chi connectivity index (χ2n) is 5.53. The highest BCUT2D eigenvalue weighted by molar-refractivity contribution is 5.78. The fourth-order valence-electron chi connectivity index (χ4n) is 3.18. The van der Waals surface area contributed by atoms with Crippen LogP contribution in [0.2, 0.25) is 0 Å². The van der Waals surface area contributed by atoms with Gasteiger partial charge in [0.15, 0.2) is 0 Å². The lowest BCUT2D eigenvalue weighted by Crippen LogP contribution is -2.31. The summed E-state index contributed by atoms with van der Waals surface area (Å²) in [6, 6.07) is 10.9. The van der Waals surface area contributed by atoms with Gasteiger partial charge in [-0.15, -0.1) is 0 Å². The minimum Gasteiger partial charge on any atom is -0.378 e. The standard InChI is InChI=1S/C17H22N2O/c1-3-18-17(15-8-9-20-12(15)2)14-10-13-6-4-5-7-16(13)19-11-14/h4-7,10-12,15,17-18H,3,8-9H2,1-2H3. The number of hydrogen-bond acceptors (Lipinski definition) is 3. The number of hydrogen-bond donors (Lipinski definition) is 1. The maximum atomic E-state index is 5.74. The Kier molecular flexibility index (Phi) is 3.99. The first-order valence-corrected chi connectivity index (χ1v) is 7.49. The quantitative estimate of drug-likeness (QED) is 0.925. The van der Waals surface area contributed by atoms with Crippen LogP contribution in [-0.2, 0) is 4.74 Å².